The van der Waals surface area contributed by atoms with Crippen LogP contribution in [0.15, 0.2) is 164 Å². The number of hydrogen-bond acceptors (Lipinski definition) is 2. The normalized spacial score (nSPS) is 12.0. The van der Waals surface area contributed by atoms with Gasteiger partial charge >= 0.3 is 0 Å². The number of nitrogens with zero attached hydrogens (tertiary/aromatic N) is 3. The average Bonchev–Trinajstić information content (AvgIpc) is 3.74. The van der Waals surface area contributed by atoms with Gasteiger partial charge in [-0.25, -0.2) is 9.97 Å². The van der Waals surface area contributed by atoms with E-state index in [1.165, 1.54) is 21.5 Å². The number of fused-ring (bicyclic) bond motifs is 13. The Labute approximate surface area is 286 Å². The molecule has 4 heteroatoms. The van der Waals surface area contributed by atoms with Gasteiger partial charge in [0.2, 0.25) is 0 Å². The number of aromatic amines is 1. The molecule has 5 heterocycles. The number of aromatic nitrogens is 4. The summed E-state index contributed by atoms with van der Waals surface area (Å²) >= 11 is 0. The molecule has 4 nitrogen and oxygen atoms in total. The van der Waals surface area contributed by atoms with Crippen LogP contribution in [0.2, 0.25) is 0 Å². The zero-order valence-corrected chi connectivity index (χ0v) is 26.9. The fraction of sp³-hybridized carbons (Fsp3) is 0. The van der Waals surface area contributed by atoms with Gasteiger partial charge in [0.05, 0.1) is 38.6 Å². The maximum absolute atomic E-state index is 5.47. The van der Waals surface area contributed by atoms with Gasteiger partial charge in [-0.2, -0.15) is 0 Å². The molecule has 0 aliphatic rings. The minimum atomic E-state index is 0.821. The van der Waals surface area contributed by atoms with E-state index in [-0.39, 0.29) is 0 Å². The summed E-state index contributed by atoms with van der Waals surface area (Å²) in [6.45, 7) is 0. The lowest BCUT2D eigenvalue weighted by Crippen LogP contribution is -1.92. The first-order chi connectivity index (χ1) is 24.8. The van der Waals surface area contributed by atoms with Crippen molar-refractivity contribution in [2.24, 2.45) is 0 Å². The number of para-hydroxylation sites is 3. The van der Waals surface area contributed by atoms with Crippen LogP contribution in [0.1, 0.15) is 0 Å². The molecule has 1 N–H and O–H groups in total. The van der Waals surface area contributed by atoms with E-state index in [9.17, 15) is 0 Å². The molecule has 8 bridgehead atoms. The fourth-order valence-corrected chi connectivity index (χ4v) is 7.94. The van der Waals surface area contributed by atoms with Crippen LogP contribution in [0.25, 0.3) is 104 Å². The molecule has 0 radical (unpaired) electrons. The molecule has 6 aromatic carbocycles. The Balaban J connectivity index is 1.46. The summed E-state index contributed by atoms with van der Waals surface area (Å²) in [7, 11) is 0. The highest BCUT2D eigenvalue weighted by Crippen LogP contribution is 2.37. The van der Waals surface area contributed by atoms with Crippen LogP contribution in [-0.4, -0.2) is 19.4 Å². The molecule has 0 saturated carbocycles. The van der Waals surface area contributed by atoms with Crippen LogP contribution in [0.3, 0.4) is 0 Å². The van der Waals surface area contributed by atoms with Gasteiger partial charge in [-0.05, 0) is 64.0 Å². The van der Waals surface area contributed by atoms with Gasteiger partial charge < -0.3 is 4.98 Å². The topological polar surface area (TPSA) is 46.0 Å². The monoisotopic (exact) mass is 636 g/mol. The van der Waals surface area contributed by atoms with Gasteiger partial charge in [0.1, 0.15) is 5.65 Å². The zero-order valence-electron chi connectivity index (χ0n) is 26.9. The van der Waals surface area contributed by atoms with Crippen molar-refractivity contribution in [2.45, 2.75) is 0 Å². The average molecular weight is 637 g/mol. The molecule has 0 aliphatic carbocycles. The first-order valence-electron chi connectivity index (χ1n) is 17.0. The molecule has 232 valence electrons. The third kappa shape index (κ3) is 3.99. The van der Waals surface area contributed by atoms with E-state index < -0.39 is 0 Å². The molecule has 5 aromatic heterocycles. The molecule has 0 fully saturated rings. The Morgan fingerprint density at radius 2 is 0.920 bits per heavy atom. The summed E-state index contributed by atoms with van der Waals surface area (Å²) in [4.78, 5) is 14.8. The molecular formula is C46H28N4. The fourth-order valence-electron chi connectivity index (χ4n) is 7.94. The van der Waals surface area contributed by atoms with Crippen molar-refractivity contribution >= 4 is 82.0 Å². The number of benzene rings is 6. The Hall–Kier alpha value is -6.78. The van der Waals surface area contributed by atoms with Crippen LogP contribution >= 0.6 is 0 Å². The second-order valence-corrected chi connectivity index (χ2v) is 13.1. The van der Waals surface area contributed by atoms with Crippen LogP contribution in [0, 0.1) is 0 Å². The van der Waals surface area contributed by atoms with E-state index in [0.717, 1.165) is 82.7 Å². The van der Waals surface area contributed by atoms with Gasteiger partial charge in [0.15, 0.2) is 0 Å². The highest BCUT2D eigenvalue weighted by Gasteiger charge is 2.15. The molecule has 50 heavy (non-hydrogen) atoms. The molecule has 0 atom stereocenters. The second-order valence-electron chi connectivity index (χ2n) is 13.1. The lowest BCUT2D eigenvalue weighted by atomic mass is 10.0. The summed E-state index contributed by atoms with van der Waals surface area (Å²) in [6, 6.07) is 58.6. The molecule has 11 aromatic rings. The van der Waals surface area contributed by atoms with E-state index in [4.69, 9.17) is 9.97 Å². The third-order valence-electron chi connectivity index (χ3n) is 10.3. The summed E-state index contributed by atoms with van der Waals surface area (Å²) in [6.07, 6.45) is 0. The van der Waals surface area contributed by atoms with Gasteiger partial charge in [-0.1, -0.05) is 127 Å². The standard InChI is InChI=1S/C46H28N4/c1-3-11-28(12-4-1)31-23-39-38-19-10-18-37-36-17-9-16-33(45(36)49-46(37)38)30-21-22-35-34-15-7-8-20-42(34)50(43(35)26-30)44-27-32(29-13-5-2-6-14-29)25-41(48-44)40(24-31)47-39/h1-27,49H. The largest absolute Gasteiger partial charge is 0.353 e. The van der Waals surface area contributed by atoms with E-state index >= 15 is 0 Å². The number of pyridine rings is 2. The van der Waals surface area contributed by atoms with Crippen molar-refractivity contribution < 1.29 is 0 Å². The van der Waals surface area contributed by atoms with E-state index in [2.05, 4.69) is 173 Å². The number of rotatable bonds is 2. The van der Waals surface area contributed by atoms with Crippen molar-refractivity contribution in [1.82, 2.24) is 19.4 Å². The van der Waals surface area contributed by atoms with Crippen LogP contribution in [0.4, 0.5) is 0 Å². The predicted octanol–water partition coefficient (Wildman–Crippen LogP) is 12.0. The molecule has 11 rings (SSSR count). The molecule has 0 spiro atoms. The third-order valence-corrected chi connectivity index (χ3v) is 10.3. The van der Waals surface area contributed by atoms with Crippen molar-refractivity contribution in [1.29, 1.82) is 0 Å². The highest BCUT2D eigenvalue weighted by atomic mass is 15.0. The maximum Gasteiger partial charge on any atom is 0.138 e. The molecule has 0 unspecified atom stereocenters. The lowest BCUT2D eigenvalue weighted by Gasteiger charge is -2.08. The smallest absolute Gasteiger partial charge is 0.138 e. The van der Waals surface area contributed by atoms with Crippen molar-refractivity contribution in [2.75, 3.05) is 0 Å². The first-order valence-corrected chi connectivity index (χ1v) is 17.0. The Morgan fingerprint density at radius 3 is 1.68 bits per heavy atom. The first kappa shape index (κ1) is 27.2. The molecule has 0 aliphatic heterocycles. The molecular weight excluding hydrogens is 609 g/mol. The van der Waals surface area contributed by atoms with E-state index in [0.29, 0.717) is 0 Å². The van der Waals surface area contributed by atoms with Gasteiger partial charge in [-0.15, -0.1) is 0 Å². The van der Waals surface area contributed by atoms with E-state index in [1.807, 2.05) is 0 Å². The Morgan fingerprint density at radius 1 is 0.360 bits per heavy atom. The van der Waals surface area contributed by atoms with Crippen LogP contribution in [0.5, 0.6) is 0 Å². The minimum Gasteiger partial charge on any atom is -0.353 e. The number of nitrogens with one attached hydrogen (secondary N) is 1. The Kier molecular flexibility index (Phi) is 5.63. The van der Waals surface area contributed by atoms with Crippen LogP contribution < -0.4 is 0 Å². The molecule has 0 amide bonds. The zero-order chi connectivity index (χ0) is 32.8. The number of H-pyrrole nitrogens is 1. The van der Waals surface area contributed by atoms with Gasteiger partial charge in [0.25, 0.3) is 0 Å². The maximum atomic E-state index is 5.47. The van der Waals surface area contributed by atoms with Gasteiger partial charge in [0, 0.05) is 32.3 Å². The molecule has 0 saturated heterocycles. The predicted molar refractivity (Wildman–Crippen MR) is 210 cm³/mol. The SMILES string of the molecule is c1ccc(-c2cc3nc(c2)c2cccc4c5cccc(c6ccc7c8ccccc8n(c8cc(-c9ccccc9)cc3n8)c7c6)c5[nH]c24)cc1. The summed E-state index contributed by atoms with van der Waals surface area (Å²) in [5, 5.41) is 8.15. The van der Waals surface area contributed by atoms with E-state index in [1.54, 1.807) is 0 Å². The summed E-state index contributed by atoms with van der Waals surface area (Å²) in [5.74, 6) is 0. The van der Waals surface area contributed by atoms with Crippen molar-refractivity contribution in [3.05, 3.63) is 164 Å². The second kappa shape index (κ2) is 10.4. The van der Waals surface area contributed by atoms with Gasteiger partial charge in [-0.3, -0.25) is 4.40 Å². The number of hydrogen-bond donors (Lipinski definition) is 1. The van der Waals surface area contributed by atoms with Crippen molar-refractivity contribution in [3.8, 4) is 22.3 Å². The highest BCUT2D eigenvalue weighted by molar-refractivity contribution is 6.21. The quantitative estimate of drug-likeness (QED) is 0.205. The van der Waals surface area contributed by atoms with Crippen LogP contribution in [-0.2, 0) is 0 Å². The summed E-state index contributed by atoms with van der Waals surface area (Å²) < 4.78 is 2.33. The minimum absolute atomic E-state index is 0.821. The van der Waals surface area contributed by atoms with Crippen molar-refractivity contribution in [3.63, 3.8) is 0 Å². The lowest BCUT2D eigenvalue weighted by molar-refractivity contribution is 1.26. The Bertz CT molecular complexity index is 3190. The summed E-state index contributed by atoms with van der Waals surface area (Å²) in [5.41, 5.74) is 12.3.